The molecule has 0 aromatic heterocycles. The Kier molecular flexibility index (Phi) is 4.77. The summed E-state index contributed by atoms with van der Waals surface area (Å²) in [4.78, 5) is 2.53. The zero-order chi connectivity index (χ0) is 12.3. The maximum atomic E-state index is 9.21. The minimum atomic E-state index is -0.448. The molecular formula is C13H28N2O. The minimum absolute atomic E-state index is 0.0622. The van der Waals surface area contributed by atoms with Crippen LogP contribution in [-0.2, 0) is 0 Å². The predicted molar refractivity (Wildman–Crippen MR) is 68.3 cm³/mol. The van der Waals surface area contributed by atoms with E-state index >= 15 is 0 Å². The van der Waals surface area contributed by atoms with E-state index in [2.05, 4.69) is 25.7 Å². The van der Waals surface area contributed by atoms with Crippen LogP contribution in [0.3, 0.4) is 0 Å². The molecule has 16 heavy (non-hydrogen) atoms. The lowest BCUT2D eigenvalue weighted by Crippen LogP contribution is -2.49. The van der Waals surface area contributed by atoms with Crippen LogP contribution >= 0.6 is 0 Å². The summed E-state index contributed by atoms with van der Waals surface area (Å²) in [5.41, 5.74) is 5.58. The first-order valence-corrected chi connectivity index (χ1v) is 6.51. The van der Waals surface area contributed by atoms with E-state index in [-0.39, 0.29) is 6.61 Å². The summed E-state index contributed by atoms with van der Waals surface area (Å²) < 4.78 is 0. The molecule has 0 amide bonds. The molecule has 1 aliphatic rings. The normalized spacial score (nSPS) is 22.5. The molecule has 3 heteroatoms. The molecule has 96 valence electrons. The fourth-order valence-corrected chi connectivity index (χ4v) is 2.35. The van der Waals surface area contributed by atoms with Gasteiger partial charge in [0.15, 0.2) is 0 Å². The zero-order valence-corrected chi connectivity index (χ0v) is 11.2. The third-order valence-electron chi connectivity index (χ3n) is 3.52. The lowest BCUT2D eigenvalue weighted by atomic mass is 9.94. The molecule has 1 rings (SSSR count). The largest absolute Gasteiger partial charge is 0.394 e. The van der Waals surface area contributed by atoms with Crippen LogP contribution in [0.15, 0.2) is 0 Å². The van der Waals surface area contributed by atoms with Gasteiger partial charge in [-0.3, -0.25) is 4.90 Å². The summed E-state index contributed by atoms with van der Waals surface area (Å²) in [6.45, 7) is 9.90. The second-order valence-corrected chi connectivity index (χ2v) is 6.10. The van der Waals surface area contributed by atoms with Crippen LogP contribution in [0.1, 0.15) is 47.0 Å². The summed E-state index contributed by atoms with van der Waals surface area (Å²) >= 11 is 0. The van der Waals surface area contributed by atoms with Gasteiger partial charge in [0, 0.05) is 24.2 Å². The van der Waals surface area contributed by atoms with E-state index in [0.717, 1.165) is 12.3 Å². The molecule has 1 fully saturated rings. The first-order chi connectivity index (χ1) is 7.35. The van der Waals surface area contributed by atoms with Gasteiger partial charge in [0.1, 0.15) is 0 Å². The first-order valence-electron chi connectivity index (χ1n) is 6.51. The van der Waals surface area contributed by atoms with Crippen LogP contribution in [-0.4, -0.2) is 40.8 Å². The van der Waals surface area contributed by atoms with E-state index in [0.29, 0.717) is 12.1 Å². The third-order valence-corrected chi connectivity index (χ3v) is 3.52. The Bertz CT molecular complexity index is 212. The van der Waals surface area contributed by atoms with E-state index < -0.39 is 5.54 Å². The van der Waals surface area contributed by atoms with E-state index in [9.17, 15) is 5.11 Å². The molecule has 3 N–H and O–H groups in total. The Balaban J connectivity index is 2.48. The molecular weight excluding hydrogens is 200 g/mol. The van der Waals surface area contributed by atoms with Crippen LogP contribution in [0, 0.1) is 5.92 Å². The smallest absolute Gasteiger partial charge is 0.0609 e. The van der Waals surface area contributed by atoms with Gasteiger partial charge in [0.05, 0.1) is 6.61 Å². The Labute approximate surface area is 100 Å². The van der Waals surface area contributed by atoms with Crippen LogP contribution in [0.2, 0.25) is 0 Å². The summed E-state index contributed by atoms with van der Waals surface area (Å²) in [7, 11) is 0. The van der Waals surface area contributed by atoms with Crippen LogP contribution in [0.4, 0.5) is 0 Å². The predicted octanol–water partition coefficient (Wildman–Crippen LogP) is 1.60. The number of nitrogens with two attached hydrogens (primary N) is 1. The van der Waals surface area contributed by atoms with Crippen LogP contribution < -0.4 is 5.73 Å². The van der Waals surface area contributed by atoms with Crippen molar-refractivity contribution in [3.63, 3.8) is 0 Å². The summed E-state index contributed by atoms with van der Waals surface area (Å²) in [5.74, 6) is 0.906. The van der Waals surface area contributed by atoms with Crippen molar-refractivity contribution in [2.45, 2.75) is 64.6 Å². The standard InChI is InChI=1S/C13H28N2O/c1-10(2)15(8-12-5-6-12)11(3)7-13(4,14)9-16/h10-12,16H,5-9,14H2,1-4H3. The number of hydrogen-bond acceptors (Lipinski definition) is 3. The Morgan fingerprint density at radius 3 is 2.31 bits per heavy atom. The monoisotopic (exact) mass is 228 g/mol. The maximum absolute atomic E-state index is 9.21. The van der Waals surface area contributed by atoms with Gasteiger partial charge in [-0.15, -0.1) is 0 Å². The first kappa shape index (κ1) is 13.9. The van der Waals surface area contributed by atoms with Crippen molar-refractivity contribution in [2.75, 3.05) is 13.2 Å². The SMILES string of the molecule is CC(C)N(CC1CC1)C(C)CC(C)(N)CO. The highest BCUT2D eigenvalue weighted by Gasteiger charge is 2.30. The quantitative estimate of drug-likeness (QED) is 0.696. The maximum Gasteiger partial charge on any atom is 0.0609 e. The number of nitrogens with zero attached hydrogens (tertiary/aromatic N) is 1. The molecule has 0 aliphatic heterocycles. The van der Waals surface area contributed by atoms with Gasteiger partial charge in [0.2, 0.25) is 0 Å². The fraction of sp³-hybridized carbons (Fsp3) is 1.00. The van der Waals surface area contributed by atoms with E-state index in [1.807, 2.05) is 6.92 Å². The Morgan fingerprint density at radius 2 is 1.94 bits per heavy atom. The highest BCUT2D eigenvalue weighted by Crippen LogP contribution is 2.31. The van der Waals surface area contributed by atoms with Gasteiger partial charge in [-0.2, -0.15) is 0 Å². The fourth-order valence-electron chi connectivity index (χ4n) is 2.35. The summed E-state index contributed by atoms with van der Waals surface area (Å²) in [5, 5.41) is 9.21. The van der Waals surface area contributed by atoms with E-state index in [1.165, 1.54) is 19.4 Å². The number of rotatable bonds is 7. The molecule has 0 aromatic rings. The van der Waals surface area contributed by atoms with Gasteiger partial charge < -0.3 is 10.8 Å². The third kappa shape index (κ3) is 4.40. The molecule has 1 saturated carbocycles. The Hall–Kier alpha value is -0.120. The topological polar surface area (TPSA) is 49.5 Å². The lowest BCUT2D eigenvalue weighted by molar-refractivity contribution is 0.109. The molecule has 0 bridgehead atoms. The van der Waals surface area contributed by atoms with Crippen molar-refractivity contribution in [1.29, 1.82) is 0 Å². The number of aliphatic hydroxyl groups is 1. The van der Waals surface area contributed by atoms with Gasteiger partial charge >= 0.3 is 0 Å². The number of aliphatic hydroxyl groups excluding tert-OH is 1. The molecule has 1 aliphatic carbocycles. The van der Waals surface area contributed by atoms with Crippen LogP contribution in [0.5, 0.6) is 0 Å². The van der Waals surface area contributed by atoms with Gasteiger partial charge in [0.25, 0.3) is 0 Å². The highest BCUT2D eigenvalue weighted by molar-refractivity contribution is 4.87. The summed E-state index contributed by atoms with van der Waals surface area (Å²) in [6, 6.07) is 1.01. The van der Waals surface area contributed by atoms with Crippen LogP contribution in [0.25, 0.3) is 0 Å². The van der Waals surface area contributed by atoms with Crippen molar-refractivity contribution >= 4 is 0 Å². The number of hydrogen-bond donors (Lipinski definition) is 2. The second kappa shape index (κ2) is 5.48. The van der Waals surface area contributed by atoms with Crippen molar-refractivity contribution in [3.8, 4) is 0 Å². The van der Waals surface area contributed by atoms with Gasteiger partial charge in [-0.05, 0) is 52.9 Å². The molecule has 2 unspecified atom stereocenters. The molecule has 0 saturated heterocycles. The molecule has 3 nitrogen and oxygen atoms in total. The zero-order valence-electron chi connectivity index (χ0n) is 11.2. The average molecular weight is 228 g/mol. The Morgan fingerprint density at radius 1 is 1.38 bits per heavy atom. The molecule has 0 heterocycles. The molecule has 0 aromatic carbocycles. The van der Waals surface area contributed by atoms with E-state index in [4.69, 9.17) is 5.73 Å². The van der Waals surface area contributed by atoms with Gasteiger partial charge in [-0.1, -0.05) is 0 Å². The average Bonchev–Trinajstić information content (AvgIpc) is 2.96. The van der Waals surface area contributed by atoms with Crippen molar-refractivity contribution in [1.82, 2.24) is 4.90 Å². The van der Waals surface area contributed by atoms with Crippen molar-refractivity contribution < 1.29 is 5.11 Å². The van der Waals surface area contributed by atoms with E-state index in [1.54, 1.807) is 0 Å². The van der Waals surface area contributed by atoms with Gasteiger partial charge in [-0.25, -0.2) is 0 Å². The second-order valence-electron chi connectivity index (χ2n) is 6.10. The highest BCUT2D eigenvalue weighted by atomic mass is 16.3. The molecule has 0 spiro atoms. The van der Waals surface area contributed by atoms with Crippen molar-refractivity contribution in [3.05, 3.63) is 0 Å². The minimum Gasteiger partial charge on any atom is -0.394 e. The van der Waals surface area contributed by atoms with Crippen molar-refractivity contribution in [2.24, 2.45) is 11.7 Å². The molecule has 0 radical (unpaired) electrons. The lowest BCUT2D eigenvalue weighted by Gasteiger charge is -2.37. The summed E-state index contributed by atoms with van der Waals surface area (Å²) in [6.07, 6.45) is 3.63. The molecule has 2 atom stereocenters.